The summed E-state index contributed by atoms with van der Waals surface area (Å²) in [4.78, 5) is 16.6. The molecule has 2 fully saturated rings. The lowest BCUT2D eigenvalue weighted by atomic mass is 9.79. The topological polar surface area (TPSA) is 50.6 Å². The fourth-order valence-electron chi connectivity index (χ4n) is 4.07. The van der Waals surface area contributed by atoms with Gasteiger partial charge in [-0.3, -0.25) is 9.69 Å². The smallest absolute Gasteiger partial charge is 0.268 e. The van der Waals surface area contributed by atoms with Crippen LogP contribution in [0.2, 0.25) is 0 Å². The van der Waals surface area contributed by atoms with Crippen LogP contribution in [0.1, 0.15) is 12.0 Å². The highest BCUT2D eigenvalue weighted by molar-refractivity contribution is 5.43. The molecule has 4 rings (SSSR count). The van der Waals surface area contributed by atoms with E-state index in [1.165, 1.54) is 10.2 Å². The molecule has 1 aromatic carbocycles. The van der Waals surface area contributed by atoms with Crippen LogP contribution in [0, 0.1) is 0 Å². The van der Waals surface area contributed by atoms with Gasteiger partial charge < -0.3 is 9.64 Å². The summed E-state index contributed by atoms with van der Waals surface area (Å²) >= 11 is 0. The molecule has 0 radical (unpaired) electrons. The minimum absolute atomic E-state index is 0.0592. The zero-order valence-electron chi connectivity index (χ0n) is 15.3. The average molecular weight is 354 g/mol. The highest BCUT2D eigenvalue weighted by Crippen LogP contribution is 2.34. The normalized spacial score (nSPS) is 24.1. The first-order valence-corrected chi connectivity index (χ1v) is 9.30. The lowest BCUT2D eigenvalue weighted by Gasteiger charge is -2.40. The van der Waals surface area contributed by atoms with Crippen molar-refractivity contribution < 1.29 is 4.74 Å². The van der Waals surface area contributed by atoms with E-state index in [1.807, 2.05) is 0 Å². The number of aryl methyl sites for hydroxylation is 1. The van der Waals surface area contributed by atoms with Gasteiger partial charge in [0.25, 0.3) is 5.56 Å². The molecule has 1 atom stereocenters. The summed E-state index contributed by atoms with van der Waals surface area (Å²) in [6, 6.07) is 12.5. The molecule has 26 heavy (non-hydrogen) atoms. The van der Waals surface area contributed by atoms with Gasteiger partial charge in [0.15, 0.2) is 0 Å². The van der Waals surface area contributed by atoms with Crippen molar-refractivity contribution in [3.8, 4) is 0 Å². The Kier molecular flexibility index (Phi) is 4.78. The number of aromatic nitrogens is 2. The van der Waals surface area contributed by atoms with E-state index in [1.54, 1.807) is 19.3 Å². The van der Waals surface area contributed by atoms with Crippen LogP contribution in [-0.4, -0.2) is 60.6 Å². The van der Waals surface area contributed by atoms with Gasteiger partial charge in [-0.25, -0.2) is 4.68 Å². The molecule has 0 spiro atoms. The van der Waals surface area contributed by atoms with Crippen molar-refractivity contribution in [2.75, 3.05) is 50.8 Å². The molecule has 0 amide bonds. The number of anilines is 1. The summed E-state index contributed by atoms with van der Waals surface area (Å²) in [5.74, 6) is 0. The molecule has 0 aliphatic carbocycles. The second-order valence-electron chi connectivity index (χ2n) is 7.39. The molecule has 3 heterocycles. The van der Waals surface area contributed by atoms with E-state index in [-0.39, 0.29) is 11.0 Å². The Balaban J connectivity index is 1.43. The van der Waals surface area contributed by atoms with Crippen LogP contribution in [0.4, 0.5) is 5.69 Å². The molecule has 6 nitrogen and oxygen atoms in total. The van der Waals surface area contributed by atoms with Gasteiger partial charge in [-0.05, 0) is 12.0 Å². The molecular formula is C20H26N4O2. The molecule has 0 bridgehead atoms. The van der Waals surface area contributed by atoms with Crippen LogP contribution in [0.15, 0.2) is 47.4 Å². The second kappa shape index (κ2) is 7.21. The van der Waals surface area contributed by atoms with Crippen LogP contribution in [0.25, 0.3) is 0 Å². The van der Waals surface area contributed by atoms with E-state index in [4.69, 9.17) is 4.74 Å². The number of hydrogen-bond donors (Lipinski definition) is 0. The minimum Gasteiger partial charge on any atom is -0.380 e. The van der Waals surface area contributed by atoms with Gasteiger partial charge in [0.05, 0.1) is 18.5 Å². The summed E-state index contributed by atoms with van der Waals surface area (Å²) < 4.78 is 7.15. The summed E-state index contributed by atoms with van der Waals surface area (Å²) in [6.45, 7) is 6.48. The Morgan fingerprint density at radius 2 is 1.92 bits per heavy atom. The number of hydrogen-bond acceptors (Lipinski definition) is 5. The van der Waals surface area contributed by atoms with E-state index < -0.39 is 0 Å². The van der Waals surface area contributed by atoms with Gasteiger partial charge in [-0.2, -0.15) is 5.10 Å². The Morgan fingerprint density at radius 3 is 2.58 bits per heavy atom. The van der Waals surface area contributed by atoms with Gasteiger partial charge in [-0.1, -0.05) is 30.3 Å². The first-order valence-electron chi connectivity index (χ1n) is 9.30. The lowest BCUT2D eigenvalue weighted by molar-refractivity contribution is 0.147. The number of nitrogens with zero attached hydrogens (tertiary/aromatic N) is 4. The standard InChI is InChI=1S/C20H26N4O2/c1-22-19(25)13-18(14-21-22)24-10-8-23(9-11-24)15-20(7-12-26-16-20)17-5-3-2-4-6-17/h2-6,13-14H,7-12,15-16H2,1H3/t20-/m1/s1. The SMILES string of the molecule is Cn1ncc(N2CCN(C[C@]3(c4ccccc4)CCOC3)CC2)cc1=O. The largest absolute Gasteiger partial charge is 0.380 e. The van der Waals surface area contributed by atoms with Crippen LogP contribution in [0.5, 0.6) is 0 Å². The number of piperazine rings is 1. The number of benzene rings is 1. The van der Waals surface area contributed by atoms with E-state index >= 15 is 0 Å². The van der Waals surface area contributed by atoms with E-state index in [9.17, 15) is 4.79 Å². The summed E-state index contributed by atoms with van der Waals surface area (Å²) in [7, 11) is 1.68. The Hall–Kier alpha value is -2.18. The third-order valence-corrected chi connectivity index (χ3v) is 5.71. The summed E-state index contributed by atoms with van der Waals surface area (Å²) in [6.07, 6.45) is 2.86. The summed E-state index contributed by atoms with van der Waals surface area (Å²) in [5, 5.41) is 4.14. The quantitative estimate of drug-likeness (QED) is 0.827. The predicted octanol–water partition coefficient (Wildman–Crippen LogP) is 1.26. The molecule has 2 aliphatic heterocycles. The third-order valence-electron chi connectivity index (χ3n) is 5.71. The Bertz CT molecular complexity index is 791. The zero-order chi connectivity index (χ0) is 18.0. The van der Waals surface area contributed by atoms with Crippen molar-refractivity contribution in [3.63, 3.8) is 0 Å². The van der Waals surface area contributed by atoms with E-state index in [0.29, 0.717) is 0 Å². The fourth-order valence-corrected chi connectivity index (χ4v) is 4.07. The van der Waals surface area contributed by atoms with Gasteiger partial charge in [0.2, 0.25) is 0 Å². The second-order valence-corrected chi connectivity index (χ2v) is 7.39. The maximum absolute atomic E-state index is 11.8. The molecule has 0 unspecified atom stereocenters. The monoisotopic (exact) mass is 354 g/mol. The molecule has 2 aromatic rings. The van der Waals surface area contributed by atoms with E-state index in [2.05, 4.69) is 45.2 Å². The predicted molar refractivity (Wildman–Crippen MR) is 102 cm³/mol. The Morgan fingerprint density at radius 1 is 1.15 bits per heavy atom. The zero-order valence-corrected chi connectivity index (χ0v) is 15.3. The van der Waals surface area contributed by atoms with Crippen molar-refractivity contribution in [2.24, 2.45) is 7.05 Å². The van der Waals surface area contributed by atoms with Gasteiger partial charge in [0.1, 0.15) is 0 Å². The number of rotatable bonds is 4. The van der Waals surface area contributed by atoms with Crippen molar-refractivity contribution in [2.45, 2.75) is 11.8 Å². The third kappa shape index (κ3) is 3.39. The van der Waals surface area contributed by atoms with Crippen LogP contribution >= 0.6 is 0 Å². The van der Waals surface area contributed by atoms with Crippen LogP contribution in [-0.2, 0) is 17.2 Å². The molecule has 2 saturated heterocycles. The maximum Gasteiger partial charge on any atom is 0.268 e. The van der Waals surface area contributed by atoms with Gasteiger partial charge in [-0.15, -0.1) is 0 Å². The highest BCUT2D eigenvalue weighted by Gasteiger charge is 2.38. The Labute approximate surface area is 154 Å². The molecule has 0 saturated carbocycles. The highest BCUT2D eigenvalue weighted by atomic mass is 16.5. The van der Waals surface area contributed by atoms with Gasteiger partial charge in [0, 0.05) is 57.9 Å². The van der Waals surface area contributed by atoms with Gasteiger partial charge >= 0.3 is 0 Å². The van der Waals surface area contributed by atoms with Crippen molar-refractivity contribution in [3.05, 3.63) is 58.5 Å². The van der Waals surface area contributed by atoms with E-state index in [0.717, 1.165) is 58.0 Å². The van der Waals surface area contributed by atoms with Crippen molar-refractivity contribution in [1.29, 1.82) is 0 Å². The minimum atomic E-state index is -0.0592. The lowest BCUT2D eigenvalue weighted by Crippen LogP contribution is -2.51. The van der Waals surface area contributed by atoms with Crippen molar-refractivity contribution >= 4 is 5.69 Å². The molecular weight excluding hydrogens is 328 g/mol. The first kappa shape index (κ1) is 17.2. The molecule has 6 heteroatoms. The van der Waals surface area contributed by atoms with Crippen LogP contribution < -0.4 is 10.5 Å². The summed E-state index contributed by atoms with van der Waals surface area (Å²) in [5.41, 5.74) is 2.36. The maximum atomic E-state index is 11.8. The van der Waals surface area contributed by atoms with Crippen LogP contribution in [0.3, 0.4) is 0 Å². The molecule has 2 aliphatic rings. The first-order chi connectivity index (χ1) is 12.7. The van der Waals surface area contributed by atoms with Crippen molar-refractivity contribution in [1.82, 2.24) is 14.7 Å². The molecule has 1 aromatic heterocycles. The average Bonchev–Trinajstić information content (AvgIpc) is 3.15. The molecule has 138 valence electrons. The fraction of sp³-hybridized carbons (Fsp3) is 0.500. The number of ether oxygens (including phenoxy) is 1. The molecule has 0 N–H and O–H groups in total.